The van der Waals surface area contributed by atoms with Crippen molar-refractivity contribution in [3.63, 3.8) is 0 Å². The van der Waals surface area contributed by atoms with E-state index in [0.29, 0.717) is 35.1 Å². The molecule has 5 amide bonds. The van der Waals surface area contributed by atoms with E-state index in [1.165, 1.54) is 4.90 Å². The Morgan fingerprint density at radius 1 is 1.09 bits per heavy atom. The largest absolute Gasteiger partial charge is 0.492 e. The smallest absolute Gasteiger partial charge is 0.327 e. The number of ether oxygens (including phenoxy) is 1. The minimum absolute atomic E-state index is 0.0961. The van der Waals surface area contributed by atoms with Crippen molar-refractivity contribution in [3.05, 3.63) is 28.2 Å². The van der Waals surface area contributed by atoms with Crippen molar-refractivity contribution in [2.24, 2.45) is 0 Å². The van der Waals surface area contributed by atoms with Crippen LogP contribution in [0.5, 0.6) is 5.75 Å². The van der Waals surface area contributed by atoms with Crippen molar-refractivity contribution in [3.8, 4) is 5.75 Å². The summed E-state index contributed by atoms with van der Waals surface area (Å²) >= 11 is 11.8. The molecule has 1 spiro atoms. The number of urea groups is 1. The standard InChI is InChI=1S/C21H26Cl2N4O5/c1-26-20(31)27(19(30)21(26)9-3-2-4-10-21)13-18(29)25-24-17(28)6-5-11-32-16-8-7-14(22)12-15(16)23/h7-8,12H,2-6,9-11,13H2,1H3,(H,24,28)(H,25,29). The van der Waals surface area contributed by atoms with Crippen LogP contribution in [0.3, 0.4) is 0 Å². The lowest BCUT2D eigenvalue weighted by Gasteiger charge is -2.35. The van der Waals surface area contributed by atoms with Crippen molar-refractivity contribution in [2.75, 3.05) is 20.2 Å². The number of hydrazine groups is 1. The Bertz CT molecular complexity index is 904. The SMILES string of the molecule is CN1C(=O)N(CC(=O)NNC(=O)CCCOc2ccc(Cl)cc2Cl)C(=O)C12CCCCC2. The second kappa shape index (κ2) is 10.4. The number of nitrogens with zero attached hydrogens (tertiary/aromatic N) is 2. The molecule has 174 valence electrons. The summed E-state index contributed by atoms with van der Waals surface area (Å²) in [6.07, 6.45) is 4.45. The van der Waals surface area contributed by atoms with Crippen molar-refractivity contribution < 1.29 is 23.9 Å². The van der Waals surface area contributed by atoms with E-state index < -0.39 is 29.9 Å². The van der Waals surface area contributed by atoms with E-state index in [-0.39, 0.29) is 18.9 Å². The summed E-state index contributed by atoms with van der Waals surface area (Å²) in [5.74, 6) is -0.954. The topological polar surface area (TPSA) is 108 Å². The minimum Gasteiger partial charge on any atom is -0.492 e. The fourth-order valence-electron chi connectivity index (χ4n) is 4.06. The predicted molar refractivity (Wildman–Crippen MR) is 118 cm³/mol. The van der Waals surface area contributed by atoms with Crippen LogP contribution >= 0.6 is 23.2 Å². The van der Waals surface area contributed by atoms with Crippen molar-refractivity contribution in [1.29, 1.82) is 0 Å². The first-order valence-electron chi connectivity index (χ1n) is 10.5. The van der Waals surface area contributed by atoms with Crippen LogP contribution in [0, 0.1) is 0 Å². The molecule has 1 aliphatic heterocycles. The number of benzene rings is 1. The van der Waals surface area contributed by atoms with Gasteiger partial charge in [0.15, 0.2) is 0 Å². The molecular formula is C21H26Cl2N4O5. The summed E-state index contributed by atoms with van der Waals surface area (Å²) in [5, 5.41) is 0.872. The lowest BCUT2D eigenvalue weighted by molar-refractivity contribution is -0.138. The maximum absolute atomic E-state index is 12.9. The maximum atomic E-state index is 12.9. The average Bonchev–Trinajstić information content (AvgIpc) is 2.93. The molecule has 1 aliphatic carbocycles. The molecule has 0 radical (unpaired) electrons. The van der Waals surface area contributed by atoms with Gasteiger partial charge in [-0.1, -0.05) is 42.5 Å². The van der Waals surface area contributed by atoms with Crippen molar-refractivity contribution >= 4 is 47.0 Å². The molecule has 11 heteroatoms. The van der Waals surface area contributed by atoms with E-state index in [1.807, 2.05) is 0 Å². The fourth-order valence-corrected chi connectivity index (χ4v) is 4.53. The highest BCUT2D eigenvalue weighted by Gasteiger charge is 2.55. The normalized spacial score (nSPS) is 17.6. The Kier molecular flexibility index (Phi) is 7.84. The zero-order valence-electron chi connectivity index (χ0n) is 17.8. The lowest BCUT2D eigenvalue weighted by atomic mass is 9.81. The summed E-state index contributed by atoms with van der Waals surface area (Å²) in [6.45, 7) is -0.198. The van der Waals surface area contributed by atoms with Gasteiger partial charge in [0.25, 0.3) is 11.8 Å². The van der Waals surface area contributed by atoms with Crippen LogP contribution in [0.15, 0.2) is 18.2 Å². The number of halogens is 2. The van der Waals surface area contributed by atoms with Crippen LogP contribution in [0.2, 0.25) is 10.0 Å². The number of hydrogen-bond acceptors (Lipinski definition) is 5. The molecule has 0 unspecified atom stereocenters. The van der Waals surface area contributed by atoms with E-state index in [0.717, 1.165) is 24.2 Å². The Labute approximate surface area is 196 Å². The van der Waals surface area contributed by atoms with Crippen molar-refractivity contribution in [1.82, 2.24) is 20.7 Å². The average molecular weight is 485 g/mol. The molecule has 2 N–H and O–H groups in total. The van der Waals surface area contributed by atoms with Crippen LogP contribution in [-0.4, -0.2) is 59.3 Å². The third kappa shape index (κ3) is 5.27. The first kappa shape index (κ1) is 24.1. The van der Waals surface area contributed by atoms with Gasteiger partial charge in [0.1, 0.15) is 17.8 Å². The molecule has 3 rings (SSSR count). The molecule has 2 fully saturated rings. The van der Waals surface area contributed by atoms with E-state index in [1.54, 1.807) is 25.2 Å². The summed E-state index contributed by atoms with van der Waals surface area (Å²) in [5.41, 5.74) is 3.69. The monoisotopic (exact) mass is 484 g/mol. The van der Waals surface area contributed by atoms with Gasteiger partial charge >= 0.3 is 6.03 Å². The van der Waals surface area contributed by atoms with E-state index in [4.69, 9.17) is 27.9 Å². The molecule has 1 aromatic carbocycles. The van der Waals surface area contributed by atoms with Gasteiger partial charge in [-0.25, -0.2) is 4.79 Å². The molecule has 0 bridgehead atoms. The van der Waals surface area contributed by atoms with E-state index in [2.05, 4.69) is 10.9 Å². The summed E-state index contributed by atoms with van der Waals surface area (Å²) in [7, 11) is 1.60. The summed E-state index contributed by atoms with van der Waals surface area (Å²) in [6, 6.07) is 4.36. The fraction of sp³-hybridized carbons (Fsp3) is 0.524. The Morgan fingerprint density at radius 3 is 2.47 bits per heavy atom. The van der Waals surface area contributed by atoms with Gasteiger partial charge in [-0.15, -0.1) is 0 Å². The highest BCUT2D eigenvalue weighted by Crippen LogP contribution is 2.39. The Morgan fingerprint density at radius 2 is 1.78 bits per heavy atom. The number of nitrogens with one attached hydrogen (secondary N) is 2. The van der Waals surface area contributed by atoms with E-state index >= 15 is 0 Å². The maximum Gasteiger partial charge on any atom is 0.327 e. The molecule has 1 saturated heterocycles. The molecule has 1 heterocycles. The van der Waals surface area contributed by atoms with Gasteiger partial charge in [0.05, 0.1) is 11.6 Å². The molecule has 2 aliphatic rings. The first-order chi connectivity index (χ1) is 15.2. The Balaban J connectivity index is 1.39. The highest BCUT2D eigenvalue weighted by molar-refractivity contribution is 6.35. The second-order valence-corrected chi connectivity index (χ2v) is 8.79. The number of imide groups is 1. The van der Waals surface area contributed by atoms with Crippen LogP contribution in [0.1, 0.15) is 44.9 Å². The number of hydrogen-bond donors (Lipinski definition) is 2. The lowest BCUT2D eigenvalue weighted by Crippen LogP contribution is -2.50. The molecule has 32 heavy (non-hydrogen) atoms. The zero-order valence-corrected chi connectivity index (χ0v) is 19.3. The van der Waals surface area contributed by atoms with Gasteiger partial charge in [0, 0.05) is 18.5 Å². The number of rotatable bonds is 7. The van der Waals surface area contributed by atoms with Crippen LogP contribution < -0.4 is 15.6 Å². The molecule has 0 atom stereocenters. The van der Waals surface area contributed by atoms with Crippen LogP contribution in [0.25, 0.3) is 0 Å². The summed E-state index contributed by atoms with van der Waals surface area (Å²) < 4.78 is 5.50. The highest BCUT2D eigenvalue weighted by atomic mass is 35.5. The third-order valence-corrected chi connectivity index (χ3v) is 6.36. The zero-order chi connectivity index (χ0) is 23.3. The number of carbonyl (C=O) groups is 4. The van der Waals surface area contributed by atoms with Crippen molar-refractivity contribution in [2.45, 2.75) is 50.5 Å². The minimum atomic E-state index is -0.841. The van der Waals surface area contributed by atoms with Crippen LogP contribution in [0.4, 0.5) is 4.79 Å². The first-order valence-corrected chi connectivity index (χ1v) is 11.3. The molecule has 9 nitrogen and oxygen atoms in total. The molecular weight excluding hydrogens is 459 g/mol. The van der Waals surface area contributed by atoms with Crippen LogP contribution in [-0.2, 0) is 14.4 Å². The number of amides is 5. The van der Waals surface area contributed by atoms with Gasteiger partial charge in [-0.05, 0) is 37.5 Å². The molecule has 0 aromatic heterocycles. The number of likely N-dealkylation sites (N-methyl/N-ethyl adjacent to an activating group) is 1. The second-order valence-electron chi connectivity index (χ2n) is 7.95. The van der Waals surface area contributed by atoms with Gasteiger partial charge < -0.3 is 9.64 Å². The van der Waals surface area contributed by atoms with E-state index in [9.17, 15) is 19.2 Å². The Hall–Kier alpha value is -2.52. The van der Waals surface area contributed by atoms with Gasteiger partial charge in [-0.2, -0.15) is 0 Å². The van der Waals surface area contributed by atoms with Gasteiger partial charge in [0.2, 0.25) is 5.91 Å². The third-order valence-electron chi connectivity index (χ3n) is 5.83. The molecule has 1 aromatic rings. The molecule has 1 saturated carbocycles. The number of carbonyl (C=O) groups excluding carboxylic acids is 4. The quantitative estimate of drug-likeness (QED) is 0.351. The van der Waals surface area contributed by atoms with Gasteiger partial charge in [-0.3, -0.25) is 30.1 Å². The summed E-state index contributed by atoms with van der Waals surface area (Å²) in [4.78, 5) is 52.0. The predicted octanol–water partition coefficient (Wildman–Crippen LogP) is 2.90.